The van der Waals surface area contributed by atoms with Crippen molar-refractivity contribution < 1.29 is 0 Å². The summed E-state index contributed by atoms with van der Waals surface area (Å²) in [7, 11) is 0. The summed E-state index contributed by atoms with van der Waals surface area (Å²) in [6.45, 7) is 4.71. The van der Waals surface area contributed by atoms with Gasteiger partial charge in [-0.25, -0.2) is 0 Å². The molecule has 2 rings (SSSR count). The number of nitrogens with one attached hydrogen (secondary N) is 1. The van der Waals surface area contributed by atoms with Crippen LogP contribution in [0.2, 0.25) is 0 Å². The minimum absolute atomic E-state index is 0.461. The molecule has 0 radical (unpaired) electrons. The van der Waals surface area contributed by atoms with E-state index in [2.05, 4.69) is 12.2 Å². The molecule has 0 amide bonds. The van der Waals surface area contributed by atoms with E-state index in [0.717, 1.165) is 12.5 Å². The van der Waals surface area contributed by atoms with Crippen LogP contribution in [0, 0.1) is 11.3 Å². The van der Waals surface area contributed by atoms with Crippen molar-refractivity contribution >= 4 is 0 Å². The molecule has 15 heavy (non-hydrogen) atoms. The van der Waals surface area contributed by atoms with Crippen molar-refractivity contribution in [3.63, 3.8) is 0 Å². The van der Waals surface area contributed by atoms with Crippen LogP contribution in [0.3, 0.4) is 0 Å². The van der Waals surface area contributed by atoms with Gasteiger partial charge in [-0.3, -0.25) is 0 Å². The van der Waals surface area contributed by atoms with Crippen LogP contribution in [0.5, 0.6) is 0 Å². The van der Waals surface area contributed by atoms with E-state index in [0.29, 0.717) is 11.5 Å². The predicted molar refractivity (Wildman–Crippen MR) is 64.8 cm³/mol. The Morgan fingerprint density at radius 1 is 1.27 bits per heavy atom. The third-order valence-electron chi connectivity index (χ3n) is 4.58. The van der Waals surface area contributed by atoms with Crippen molar-refractivity contribution in [2.45, 2.75) is 57.9 Å². The summed E-state index contributed by atoms with van der Waals surface area (Å²) >= 11 is 0. The highest BCUT2D eigenvalue weighted by Crippen LogP contribution is 2.47. The lowest BCUT2D eigenvalue weighted by atomic mass is 9.85. The van der Waals surface area contributed by atoms with E-state index in [4.69, 9.17) is 5.73 Å². The van der Waals surface area contributed by atoms with Gasteiger partial charge < -0.3 is 11.1 Å². The van der Waals surface area contributed by atoms with Gasteiger partial charge >= 0.3 is 0 Å². The number of hydrogen-bond donors (Lipinski definition) is 2. The first-order valence-corrected chi connectivity index (χ1v) is 6.72. The van der Waals surface area contributed by atoms with E-state index in [1.165, 1.54) is 51.5 Å². The maximum absolute atomic E-state index is 6.14. The molecule has 0 heterocycles. The number of hydrogen-bond acceptors (Lipinski definition) is 2. The molecule has 0 bridgehead atoms. The molecular formula is C13H26N2. The Morgan fingerprint density at radius 2 is 2.00 bits per heavy atom. The van der Waals surface area contributed by atoms with Crippen molar-refractivity contribution in [3.8, 4) is 0 Å². The molecule has 2 aliphatic carbocycles. The summed E-state index contributed by atoms with van der Waals surface area (Å²) in [6, 6.07) is 0.461. The normalized spacial score (nSPS) is 34.0. The van der Waals surface area contributed by atoms with Crippen LogP contribution in [0.4, 0.5) is 0 Å². The van der Waals surface area contributed by atoms with E-state index in [1.54, 1.807) is 0 Å². The van der Waals surface area contributed by atoms with Gasteiger partial charge in [0.2, 0.25) is 0 Å². The Kier molecular flexibility index (Phi) is 3.68. The average molecular weight is 210 g/mol. The SMILES string of the molecule is CCC1(CNCC2CCCCC2N)CC1. The van der Waals surface area contributed by atoms with Crippen LogP contribution in [0.25, 0.3) is 0 Å². The van der Waals surface area contributed by atoms with Gasteiger partial charge in [-0.1, -0.05) is 19.8 Å². The first-order valence-electron chi connectivity index (χ1n) is 6.72. The number of nitrogens with two attached hydrogens (primary N) is 1. The van der Waals surface area contributed by atoms with Crippen LogP contribution in [-0.2, 0) is 0 Å². The number of rotatable bonds is 5. The first kappa shape index (κ1) is 11.4. The molecule has 0 aromatic rings. The maximum atomic E-state index is 6.14. The van der Waals surface area contributed by atoms with E-state index in [1.807, 2.05) is 0 Å². The standard InChI is InChI=1S/C13H26N2/c1-2-13(7-8-13)10-15-9-11-5-3-4-6-12(11)14/h11-12,15H,2-10,14H2,1H3. The van der Waals surface area contributed by atoms with Crippen LogP contribution in [0.15, 0.2) is 0 Å². The Bertz CT molecular complexity index is 199. The third-order valence-corrected chi connectivity index (χ3v) is 4.58. The summed E-state index contributed by atoms with van der Waals surface area (Å²) in [5, 5.41) is 3.66. The first-order chi connectivity index (χ1) is 7.26. The van der Waals surface area contributed by atoms with E-state index in [-0.39, 0.29) is 0 Å². The van der Waals surface area contributed by atoms with Crippen LogP contribution in [-0.4, -0.2) is 19.1 Å². The quantitative estimate of drug-likeness (QED) is 0.730. The molecule has 2 fully saturated rings. The fourth-order valence-corrected chi connectivity index (χ4v) is 2.84. The summed E-state index contributed by atoms with van der Waals surface area (Å²) < 4.78 is 0. The van der Waals surface area contributed by atoms with Gasteiger partial charge in [-0.2, -0.15) is 0 Å². The van der Waals surface area contributed by atoms with E-state index >= 15 is 0 Å². The molecule has 0 spiro atoms. The molecule has 0 aromatic heterocycles. The fraction of sp³-hybridized carbons (Fsp3) is 1.00. The highest BCUT2D eigenvalue weighted by atomic mass is 14.9. The predicted octanol–water partition coefficient (Wildman–Crippen LogP) is 2.28. The van der Waals surface area contributed by atoms with Crippen molar-refractivity contribution in [2.24, 2.45) is 17.1 Å². The highest BCUT2D eigenvalue weighted by molar-refractivity contribution is 4.94. The van der Waals surface area contributed by atoms with Crippen molar-refractivity contribution in [1.29, 1.82) is 0 Å². The topological polar surface area (TPSA) is 38.0 Å². The van der Waals surface area contributed by atoms with Gasteiger partial charge in [0.05, 0.1) is 0 Å². The third kappa shape index (κ3) is 2.94. The second-order valence-corrected chi connectivity index (χ2v) is 5.69. The summed E-state index contributed by atoms with van der Waals surface area (Å²) in [4.78, 5) is 0. The van der Waals surface area contributed by atoms with Gasteiger partial charge in [-0.15, -0.1) is 0 Å². The highest BCUT2D eigenvalue weighted by Gasteiger charge is 2.40. The van der Waals surface area contributed by atoms with Crippen LogP contribution >= 0.6 is 0 Å². The van der Waals surface area contributed by atoms with Crippen LogP contribution < -0.4 is 11.1 Å². The lowest BCUT2D eigenvalue weighted by molar-refractivity contribution is 0.287. The molecular weight excluding hydrogens is 184 g/mol. The maximum Gasteiger partial charge on any atom is 0.00792 e. The molecule has 2 saturated carbocycles. The second-order valence-electron chi connectivity index (χ2n) is 5.69. The fourth-order valence-electron chi connectivity index (χ4n) is 2.84. The zero-order valence-electron chi connectivity index (χ0n) is 10.1. The van der Waals surface area contributed by atoms with E-state index in [9.17, 15) is 0 Å². The molecule has 2 aliphatic rings. The Labute approximate surface area is 94.0 Å². The molecule has 2 atom stereocenters. The van der Waals surface area contributed by atoms with Crippen molar-refractivity contribution in [1.82, 2.24) is 5.32 Å². The second kappa shape index (κ2) is 4.84. The molecule has 0 aliphatic heterocycles. The molecule has 2 nitrogen and oxygen atoms in total. The summed E-state index contributed by atoms with van der Waals surface area (Å²) in [5.74, 6) is 0.742. The average Bonchev–Trinajstić information content (AvgIpc) is 3.02. The van der Waals surface area contributed by atoms with Gasteiger partial charge in [-0.05, 0) is 50.0 Å². The lowest BCUT2D eigenvalue weighted by Gasteiger charge is -2.29. The lowest BCUT2D eigenvalue weighted by Crippen LogP contribution is -2.40. The summed E-state index contributed by atoms with van der Waals surface area (Å²) in [6.07, 6.45) is 9.53. The Hall–Kier alpha value is -0.0800. The largest absolute Gasteiger partial charge is 0.327 e. The monoisotopic (exact) mass is 210 g/mol. The smallest absolute Gasteiger partial charge is 0.00792 e. The van der Waals surface area contributed by atoms with Gasteiger partial charge in [0.25, 0.3) is 0 Å². The molecule has 88 valence electrons. The van der Waals surface area contributed by atoms with E-state index < -0.39 is 0 Å². The minimum Gasteiger partial charge on any atom is -0.327 e. The molecule has 2 heteroatoms. The molecule has 2 unspecified atom stereocenters. The van der Waals surface area contributed by atoms with Gasteiger partial charge in [0.1, 0.15) is 0 Å². The zero-order chi connectivity index (χ0) is 10.7. The Balaban J connectivity index is 1.64. The van der Waals surface area contributed by atoms with Crippen molar-refractivity contribution in [2.75, 3.05) is 13.1 Å². The Morgan fingerprint density at radius 3 is 2.60 bits per heavy atom. The molecule has 0 saturated heterocycles. The molecule has 0 aromatic carbocycles. The van der Waals surface area contributed by atoms with Crippen molar-refractivity contribution in [3.05, 3.63) is 0 Å². The van der Waals surface area contributed by atoms with Crippen LogP contribution in [0.1, 0.15) is 51.9 Å². The molecule has 3 N–H and O–H groups in total. The van der Waals surface area contributed by atoms with Gasteiger partial charge in [0, 0.05) is 12.6 Å². The van der Waals surface area contributed by atoms with Gasteiger partial charge in [0.15, 0.2) is 0 Å². The minimum atomic E-state index is 0.461. The summed E-state index contributed by atoms with van der Waals surface area (Å²) in [5.41, 5.74) is 6.82. The zero-order valence-corrected chi connectivity index (χ0v) is 10.1.